The average molecular weight is 402 g/mol. The summed E-state index contributed by atoms with van der Waals surface area (Å²) in [5.41, 5.74) is 4.59. The SMILES string of the molecule is Cc1nnc2n1-c1ccc(NC(=O)C3CCN(Cc4ccccc4)CC3)cc1CC2. The number of hydrogen-bond donors (Lipinski definition) is 1. The summed E-state index contributed by atoms with van der Waals surface area (Å²) in [6.45, 7) is 4.87. The second kappa shape index (κ2) is 8.03. The van der Waals surface area contributed by atoms with E-state index in [0.717, 1.165) is 68.3 Å². The molecule has 0 bridgehead atoms. The van der Waals surface area contributed by atoms with Gasteiger partial charge in [-0.3, -0.25) is 14.3 Å². The highest BCUT2D eigenvalue weighted by molar-refractivity contribution is 5.92. The highest BCUT2D eigenvalue weighted by atomic mass is 16.1. The number of aromatic nitrogens is 3. The van der Waals surface area contributed by atoms with Crippen molar-refractivity contribution in [2.75, 3.05) is 18.4 Å². The van der Waals surface area contributed by atoms with Gasteiger partial charge < -0.3 is 5.32 Å². The van der Waals surface area contributed by atoms with Gasteiger partial charge in [0.15, 0.2) is 0 Å². The molecule has 3 heterocycles. The van der Waals surface area contributed by atoms with E-state index in [-0.39, 0.29) is 11.8 Å². The van der Waals surface area contributed by atoms with Gasteiger partial charge in [0, 0.05) is 24.6 Å². The fourth-order valence-electron chi connectivity index (χ4n) is 4.65. The van der Waals surface area contributed by atoms with Gasteiger partial charge in [0.25, 0.3) is 0 Å². The van der Waals surface area contributed by atoms with Crippen molar-refractivity contribution < 1.29 is 4.79 Å². The Bertz CT molecular complexity index is 1050. The van der Waals surface area contributed by atoms with Crippen molar-refractivity contribution in [3.8, 4) is 5.69 Å². The predicted molar refractivity (Wildman–Crippen MR) is 117 cm³/mol. The number of carbonyl (C=O) groups is 1. The van der Waals surface area contributed by atoms with Gasteiger partial charge >= 0.3 is 0 Å². The van der Waals surface area contributed by atoms with Gasteiger partial charge in [0.05, 0.1) is 5.69 Å². The second-order valence-corrected chi connectivity index (χ2v) is 8.37. The zero-order chi connectivity index (χ0) is 20.5. The van der Waals surface area contributed by atoms with Crippen LogP contribution in [0, 0.1) is 12.8 Å². The lowest BCUT2D eigenvalue weighted by Crippen LogP contribution is -2.37. The third-order valence-corrected chi connectivity index (χ3v) is 6.31. The van der Waals surface area contributed by atoms with Gasteiger partial charge in [0.1, 0.15) is 11.6 Å². The van der Waals surface area contributed by atoms with Crippen molar-refractivity contribution >= 4 is 11.6 Å². The van der Waals surface area contributed by atoms with Crippen LogP contribution in [0.4, 0.5) is 5.69 Å². The molecule has 3 aromatic rings. The number of aryl methyl sites for hydroxylation is 3. The molecule has 6 nitrogen and oxygen atoms in total. The molecular formula is C24H27N5O. The molecule has 1 saturated heterocycles. The number of fused-ring (bicyclic) bond motifs is 3. The molecule has 6 heteroatoms. The highest BCUT2D eigenvalue weighted by Gasteiger charge is 2.26. The molecule has 0 atom stereocenters. The normalized spacial score (nSPS) is 16.7. The standard InChI is InChI=1S/C24H27N5O/c1-17-26-27-23-10-7-20-15-21(8-9-22(20)29(17)23)25-24(30)19-11-13-28(14-12-19)16-18-5-3-2-4-6-18/h2-6,8-9,15,19H,7,10-14,16H2,1H3,(H,25,30). The molecule has 0 spiro atoms. The molecule has 5 rings (SSSR count). The summed E-state index contributed by atoms with van der Waals surface area (Å²) in [6.07, 6.45) is 3.62. The number of rotatable bonds is 4. The zero-order valence-corrected chi connectivity index (χ0v) is 17.3. The number of hydrogen-bond acceptors (Lipinski definition) is 4. The van der Waals surface area contributed by atoms with Gasteiger partial charge in [-0.2, -0.15) is 0 Å². The molecule has 30 heavy (non-hydrogen) atoms. The second-order valence-electron chi connectivity index (χ2n) is 8.37. The van der Waals surface area contributed by atoms with Gasteiger partial charge in [-0.05, 0) is 68.6 Å². The topological polar surface area (TPSA) is 63.1 Å². The Kier molecular flexibility index (Phi) is 5.09. The van der Waals surface area contributed by atoms with Crippen LogP contribution in [0.15, 0.2) is 48.5 Å². The summed E-state index contributed by atoms with van der Waals surface area (Å²) in [5, 5.41) is 11.6. The van der Waals surface area contributed by atoms with Crippen LogP contribution in [-0.4, -0.2) is 38.7 Å². The molecule has 2 aromatic carbocycles. The molecular weight excluding hydrogens is 374 g/mol. The highest BCUT2D eigenvalue weighted by Crippen LogP contribution is 2.28. The molecule has 1 amide bonds. The minimum absolute atomic E-state index is 0.0831. The molecule has 1 N–H and O–H groups in total. The molecule has 1 aromatic heterocycles. The summed E-state index contributed by atoms with van der Waals surface area (Å²) < 4.78 is 2.12. The van der Waals surface area contributed by atoms with Crippen molar-refractivity contribution in [2.24, 2.45) is 5.92 Å². The van der Waals surface area contributed by atoms with Crippen LogP contribution in [0.2, 0.25) is 0 Å². The van der Waals surface area contributed by atoms with Crippen LogP contribution >= 0.6 is 0 Å². The lowest BCUT2D eigenvalue weighted by Gasteiger charge is -2.31. The Morgan fingerprint density at radius 3 is 2.67 bits per heavy atom. The number of nitrogens with one attached hydrogen (secondary N) is 1. The monoisotopic (exact) mass is 401 g/mol. The Morgan fingerprint density at radius 2 is 1.87 bits per heavy atom. The van der Waals surface area contributed by atoms with E-state index in [2.05, 4.69) is 61.4 Å². The van der Waals surface area contributed by atoms with Crippen molar-refractivity contribution in [3.63, 3.8) is 0 Å². The van der Waals surface area contributed by atoms with Crippen LogP contribution < -0.4 is 5.32 Å². The number of nitrogens with zero attached hydrogens (tertiary/aromatic N) is 4. The molecule has 0 aliphatic carbocycles. The maximum atomic E-state index is 12.9. The molecule has 154 valence electrons. The van der Waals surface area contributed by atoms with E-state index in [1.54, 1.807) is 0 Å². The summed E-state index contributed by atoms with van der Waals surface area (Å²) in [5.74, 6) is 2.15. The molecule has 1 fully saturated rings. The van der Waals surface area contributed by atoms with Crippen LogP contribution in [0.5, 0.6) is 0 Å². The lowest BCUT2D eigenvalue weighted by molar-refractivity contribution is -0.121. The van der Waals surface area contributed by atoms with Crippen molar-refractivity contribution in [1.29, 1.82) is 0 Å². The maximum Gasteiger partial charge on any atom is 0.227 e. The quantitative estimate of drug-likeness (QED) is 0.727. The Labute approximate surface area is 176 Å². The van der Waals surface area contributed by atoms with Crippen LogP contribution in [-0.2, 0) is 24.2 Å². The van der Waals surface area contributed by atoms with Crippen molar-refractivity contribution in [1.82, 2.24) is 19.7 Å². The number of benzene rings is 2. The number of piperidine rings is 1. The first-order chi connectivity index (χ1) is 14.7. The summed E-state index contributed by atoms with van der Waals surface area (Å²) >= 11 is 0. The molecule has 2 aliphatic rings. The largest absolute Gasteiger partial charge is 0.326 e. The number of amides is 1. The van der Waals surface area contributed by atoms with Crippen LogP contribution in [0.25, 0.3) is 5.69 Å². The molecule has 0 radical (unpaired) electrons. The Morgan fingerprint density at radius 1 is 1.07 bits per heavy atom. The van der Waals surface area contributed by atoms with E-state index in [1.165, 1.54) is 11.1 Å². The molecule has 0 saturated carbocycles. The van der Waals surface area contributed by atoms with E-state index in [4.69, 9.17) is 0 Å². The van der Waals surface area contributed by atoms with E-state index >= 15 is 0 Å². The van der Waals surface area contributed by atoms with E-state index < -0.39 is 0 Å². The predicted octanol–water partition coefficient (Wildman–Crippen LogP) is 3.53. The number of likely N-dealkylation sites (tertiary alicyclic amines) is 1. The van der Waals surface area contributed by atoms with E-state index in [0.29, 0.717) is 0 Å². The van der Waals surface area contributed by atoms with Crippen molar-refractivity contribution in [2.45, 2.75) is 39.2 Å². The summed E-state index contributed by atoms with van der Waals surface area (Å²) in [6, 6.07) is 16.7. The van der Waals surface area contributed by atoms with Crippen molar-refractivity contribution in [3.05, 3.63) is 71.3 Å². The fourth-order valence-corrected chi connectivity index (χ4v) is 4.65. The zero-order valence-electron chi connectivity index (χ0n) is 17.3. The number of anilines is 1. The maximum absolute atomic E-state index is 12.9. The first-order valence-corrected chi connectivity index (χ1v) is 10.8. The van der Waals surface area contributed by atoms with Gasteiger partial charge in [-0.25, -0.2) is 0 Å². The fraction of sp³-hybridized carbons (Fsp3) is 0.375. The van der Waals surface area contributed by atoms with Gasteiger partial charge in [0.2, 0.25) is 5.91 Å². The first-order valence-electron chi connectivity index (χ1n) is 10.8. The third-order valence-electron chi connectivity index (χ3n) is 6.31. The van der Waals surface area contributed by atoms with Crippen LogP contribution in [0.3, 0.4) is 0 Å². The Hall–Kier alpha value is -2.99. The average Bonchev–Trinajstić information content (AvgIpc) is 3.16. The van der Waals surface area contributed by atoms with E-state index in [9.17, 15) is 4.79 Å². The summed E-state index contributed by atoms with van der Waals surface area (Å²) in [4.78, 5) is 15.3. The minimum Gasteiger partial charge on any atom is -0.326 e. The smallest absolute Gasteiger partial charge is 0.227 e. The number of carbonyl (C=O) groups excluding carboxylic acids is 1. The summed E-state index contributed by atoms with van der Waals surface area (Å²) in [7, 11) is 0. The molecule has 0 unspecified atom stereocenters. The first kappa shape index (κ1) is 19.0. The minimum atomic E-state index is 0.0831. The third kappa shape index (κ3) is 3.75. The molecule has 2 aliphatic heterocycles. The van der Waals surface area contributed by atoms with Gasteiger partial charge in [-0.1, -0.05) is 30.3 Å². The van der Waals surface area contributed by atoms with Gasteiger partial charge in [-0.15, -0.1) is 10.2 Å². The van der Waals surface area contributed by atoms with E-state index in [1.807, 2.05) is 19.1 Å². The Balaban J connectivity index is 1.20. The lowest BCUT2D eigenvalue weighted by atomic mass is 9.95. The van der Waals surface area contributed by atoms with Crippen LogP contribution in [0.1, 0.15) is 35.6 Å².